The fourth-order valence-corrected chi connectivity index (χ4v) is 5.43. The summed E-state index contributed by atoms with van der Waals surface area (Å²) in [6, 6.07) is 0. The Labute approximate surface area is 161 Å². The highest BCUT2D eigenvalue weighted by atomic mass is 32.1. The Kier molecular flexibility index (Phi) is 5.50. The number of piperidine rings is 1. The molecule has 5 nitrogen and oxygen atoms in total. The van der Waals surface area contributed by atoms with Gasteiger partial charge in [0.15, 0.2) is 5.96 Å². The first-order valence-corrected chi connectivity index (χ1v) is 11.1. The number of nitrogens with one attached hydrogen (secondary N) is 1. The summed E-state index contributed by atoms with van der Waals surface area (Å²) < 4.78 is 0. The molecule has 3 heterocycles. The molecule has 144 valence electrons. The number of likely N-dealkylation sites (tertiary alicyclic amines) is 2. The first-order chi connectivity index (χ1) is 12.7. The molecule has 0 radical (unpaired) electrons. The third kappa shape index (κ3) is 4.06. The Hall–Kier alpha value is -1.14. The highest BCUT2D eigenvalue weighted by Gasteiger charge is 2.43. The van der Waals surface area contributed by atoms with Gasteiger partial charge in [0.05, 0.1) is 10.7 Å². The molecule has 26 heavy (non-hydrogen) atoms. The summed E-state index contributed by atoms with van der Waals surface area (Å²) in [5.41, 5.74) is 1.88. The van der Waals surface area contributed by atoms with Gasteiger partial charge >= 0.3 is 0 Å². The van der Waals surface area contributed by atoms with Crippen molar-refractivity contribution in [3.05, 3.63) is 16.1 Å². The van der Waals surface area contributed by atoms with Gasteiger partial charge in [-0.1, -0.05) is 6.42 Å². The first kappa shape index (κ1) is 18.2. The topological polar surface area (TPSA) is 43.8 Å². The molecular weight excluding hydrogens is 342 g/mol. The predicted octanol–water partition coefficient (Wildman–Crippen LogP) is 3.11. The molecule has 1 spiro atoms. The van der Waals surface area contributed by atoms with E-state index in [1.807, 2.05) is 7.05 Å². The molecule has 0 amide bonds. The molecule has 3 aliphatic rings. The zero-order valence-electron chi connectivity index (χ0n) is 16.3. The van der Waals surface area contributed by atoms with Crippen LogP contribution < -0.4 is 5.32 Å². The van der Waals surface area contributed by atoms with Crippen molar-refractivity contribution in [2.24, 2.45) is 16.3 Å². The lowest BCUT2D eigenvalue weighted by atomic mass is 9.68. The quantitative estimate of drug-likeness (QED) is 0.649. The van der Waals surface area contributed by atoms with Crippen molar-refractivity contribution >= 4 is 17.3 Å². The van der Waals surface area contributed by atoms with E-state index in [0.29, 0.717) is 5.41 Å². The van der Waals surface area contributed by atoms with Crippen LogP contribution in [-0.2, 0) is 6.54 Å². The second kappa shape index (κ2) is 7.85. The van der Waals surface area contributed by atoms with Crippen molar-refractivity contribution in [2.45, 2.75) is 52.0 Å². The average Bonchev–Trinajstić information content (AvgIpc) is 3.24. The zero-order valence-corrected chi connectivity index (χ0v) is 17.2. The number of thiazole rings is 1. The van der Waals surface area contributed by atoms with Crippen molar-refractivity contribution in [1.82, 2.24) is 20.1 Å². The number of aliphatic imine (C=N–C) groups is 1. The molecule has 2 saturated heterocycles. The van der Waals surface area contributed by atoms with Crippen LogP contribution in [-0.4, -0.2) is 60.5 Å². The number of nitrogens with zero attached hydrogens (tertiary/aromatic N) is 4. The van der Waals surface area contributed by atoms with Gasteiger partial charge in [0.25, 0.3) is 0 Å². The van der Waals surface area contributed by atoms with E-state index in [-0.39, 0.29) is 0 Å². The fourth-order valence-electron chi connectivity index (χ4n) is 4.83. The SMILES string of the molecule is CN=C(NCC1CCN(Cc2csc(C)n2)CC1)N1CCC2(CCC2)C1. The van der Waals surface area contributed by atoms with Crippen LogP contribution in [0, 0.1) is 18.3 Å². The van der Waals surface area contributed by atoms with Gasteiger partial charge in [-0.15, -0.1) is 11.3 Å². The molecule has 1 aromatic heterocycles. The molecule has 0 bridgehead atoms. The Morgan fingerprint density at radius 2 is 2.12 bits per heavy atom. The summed E-state index contributed by atoms with van der Waals surface area (Å²) in [7, 11) is 1.94. The number of rotatable bonds is 4. The van der Waals surface area contributed by atoms with Crippen molar-refractivity contribution in [1.29, 1.82) is 0 Å². The maximum Gasteiger partial charge on any atom is 0.193 e. The van der Waals surface area contributed by atoms with Crippen molar-refractivity contribution < 1.29 is 0 Å². The molecule has 0 atom stereocenters. The van der Waals surface area contributed by atoms with Crippen LogP contribution in [0.5, 0.6) is 0 Å². The minimum absolute atomic E-state index is 0.636. The van der Waals surface area contributed by atoms with Crippen LogP contribution in [0.1, 0.15) is 49.2 Å². The summed E-state index contributed by atoms with van der Waals surface area (Å²) in [5.74, 6) is 1.90. The molecule has 3 fully saturated rings. The average molecular weight is 376 g/mol. The highest BCUT2D eigenvalue weighted by molar-refractivity contribution is 7.09. The monoisotopic (exact) mass is 375 g/mol. The molecule has 1 aliphatic carbocycles. The van der Waals surface area contributed by atoms with E-state index < -0.39 is 0 Å². The van der Waals surface area contributed by atoms with Crippen LogP contribution in [0.4, 0.5) is 0 Å². The lowest BCUT2D eigenvalue weighted by Crippen LogP contribution is -2.45. The second-order valence-corrected chi connectivity index (χ2v) is 9.59. The van der Waals surface area contributed by atoms with Gasteiger partial charge in [0.2, 0.25) is 0 Å². The van der Waals surface area contributed by atoms with Gasteiger partial charge in [-0.05, 0) is 63.5 Å². The summed E-state index contributed by atoms with van der Waals surface area (Å²) in [5, 5.41) is 7.06. The minimum atomic E-state index is 0.636. The number of guanidine groups is 1. The molecule has 1 N–H and O–H groups in total. The molecule has 0 aromatic carbocycles. The number of hydrogen-bond donors (Lipinski definition) is 1. The van der Waals surface area contributed by atoms with Gasteiger partial charge in [0.1, 0.15) is 0 Å². The first-order valence-electron chi connectivity index (χ1n) is 10.2. The summed E-state index contributed by atoms with van der Waals surface area (Å²) in [6.45, 7) is 8.96. The maximum atomic E-state index is 4.61. The van der Waals surface area contributed by atoms with Crippen molar-refractivity contribution in [2.75, 3.05) is 39.8 Å². The van der Waals surface area contributed by atoms with Crippen LogP contribution in [0.3, 0.4) is 0 Å². The van der Waals surface area contributed by atoms with E-state index in [1.165, 1.54) is 75.4 Å². The summed E-state index contributed by atoms with van der Waals surface area (Å²) in [4.78, 5) is 14.2. The fraction of sp³-hybridized carbons (Fsp3) is 0.800. The lowest BCUT2D eigenvalue weighted by molar-refractivity contribution is 0.151. The summed E-state index contributed by atoms with van der Waals surface area (Å²) in [6.07, 6.45) is 8.20. The Morgan fingerprint density at radius 3 is 2.69 bits per heavy atom. The van der Waals surface area contributed by atoms with Gasteiger partial charge in [-0.25, -0.2) is 4.98 Å². The molecule has 4 rings (SSSR count). The molecule has 0 unspecified atom stereocenters. The molecular formula is C20H33N5S. The second-order valence-electron chi connectivity index (χ2n) is 8.53. The van der Waals surface area contributed by atoms with Crippen LogP contribution in [0.15, 0.2) is 10.4 Å². The van der Waals surface area contributed by atoms with Crippen molar-refractivity contribution in [3.63, 3.8) is 0 Å². The number of hydrogen-bond acceptors (Lipinski definition) is 4. The number of aryl methyl sites for hydroxylation is 1. The van der Waals surface area contributed by atoms with E-state index in [4.69, 9.17) is 0 Å². The van der Waals surface area contributed by atoms with E-state index in [9.17, 15) is 0 Å². The van der Waals surface area contributed by atoms with Gasteiger partial charge < -0.3 is 10.2 Å². The molecule has 2 aliphatic heterocycles. The predicted molar refractivity (Wildman–Crippen MR) is 109 cm³/mol. The van der Waals surface area contributed by atoms with E-state index in [2.05, 4.69) is 37.4 Å². The molecule has 1 aromatic rings. The van der Waals surface area contributed by atoms with Gasteiger partial charge in [0, 0.05) is 38.6 Å². The third-order valence-corrected chi connectivity index (χ3v) is 7.49. The lowest BCUT2D eigenvalue weighted by Gasteiger charge is -2.38. The van der Waals surface area contributed by atoms with Crippen molar-refractivity contribution in [3.8, 4) is 0 Å². The highest BCUT2D eigenvalue weighted by Crippen LogP contribution is 2.47. The Balaban J connectivity index is 1.19. The van der Waals surface area contributed by atoms with Crippen LogP contribution in [0.25, 0.3) is 0 Å². The third-order valence-electron chi connectivity index (χ3n) is 6.67. The maximum absolute atomic E-state index is 4.61. The molecule has 1 saturated carbocycles. The summed E-state index contributed by atoms with van der Waals surface area (Å²) >= 11 is 1.76. The van der Waals surface area contributed by atoms with E-state index >= 15 is 0 Å². The minimum Gasteiger partial charge on any atom is -0.356 e. The van der Waals surface area contributed by atoms with E-state index in [0.717, 1.165) is 25.0 Å². The van der Waals surface area contributed by atoms with Crippen LogP contribution in [0.2, 0.25) is 0 Å². The van der Waals surface area contributed by atoms with Crippen LogP contribution >= 0.6 is 11.3 Å². The standard InChI is InChI=1S/C20H33N5S/c1-16-23-18(14-26-16)13-24-9-4-17(5-10-24)12-22-19(21-2)25-11-8-20(15-25)6-3-7-20/h14,17H,3-13,15H2,1-2H3,(H,21,22). The largest absolute Gasteiger partial charge is 0.356 e. The zero-order chi connectivity index (χ0) is 18.0. The van der Waals surface area contributed by atoms with Gasteiger partial charge in [-0.2, -0.15) is 0 Å². The number of aromatic nitrogens is 1. The van der Waals surface area contributed by atoms with E-state index in [1.54, 1.807) is 11.3 Å². The normalized spacial score (nSPS) is 24.2. The van der Waals surface area contributed by atoms with Gasteiger partial charge in [-0.3, -0.25) is 9.89 Å². The Bertz CT molecular complexity index is 628. The smallest absolute Gasteiger partial charge is 0.193 e. The molecule has 6 heteroatoms. The Morgan fingerprint density at radius 1 is 1.31 bits per heavy atom.